The zero-order valence-electron chi connectivity index (χ0n) is 17.6. The molecule has 0 aliphatic carbocycles. The Labute approximate surface area is 191 Å². The number of rotatable bonds is 4. The van der Waals surface area contributed by atoms with Gasteiger partial charge in [-0.25, -0.2) is 0 Å². The van der Waals surface area contributed by atoms with Crippen LogP contribution in [-0.4, -0.2) is 83.1 Å². The van der Waals surface area contributed by atoms with Crippen LogP contribution in [0.25, 0.3) is 22.3 Å². The van der Waals surface area contributed by atoms with E-state index in [1.165, 1.54) is 11.1 Å². The molecule has 0 atom stereocenters. The molecule has 5 rings (SSSR count). The lowest BCUT2D eigenvalue weighted by Gasteiger charge is -2.33. The van der Waals surface area contributed by atoms with Crippen molar-refractivity contribution in [3.63, 3.8) is 0 Å². The number of pyridine rings is 1. The normalized spacial score (nSPS) is 14.0. The van der Waals surface area contributed by atoms with E-state index in [0.29, 0.717) is 35.4 Å². The van der Waals surface area contributed by atoms with Gasteiger partial charge in [-0.05, 0) is 24.0 Å². The summed E-state index contributed by atoms with van der Waals surface area (Å²) in [4.78, 5) is 57.6. The third kappa shape index (κ3) is 3.74. The summed E-state index contributed by atoms with van der Waals surface area (Å²) in [6.45, 7) is 3.01. The van der Waals surface area contributed by atoms with Crippen LogP contribution in [0, 0.1) is 6.92 Å². The van der Waals surface area contributed by atoms with Gasteiger partial charge < -0.3 is 14.8 Å². The number of aromatic amines is 1. The van der Waals surface area contributed by atoms with Gasteiger partial charge in [-0.3, -0.25) is 29.3 Å². The molecule has 0 saturated carbocycles. The Morgan fingerprint density at radius 2 is 1.82 bits per heavy atom. The maximum Gasteiger partial charge on any atom is 0.295 e. The fourth-order valence-electron chi connectivity index (χ4n) is 3.90. The standard InChI is InChI=1S/C21H18N8O3S/c1-12-8-24-17(14-10-22-2-3-23-14)18-16(12)13(9-25-18)19(30)21(32)29-6-4-28(5-7-29)20(31)15-11-33-27-26-15/h2-3,8-11,25H,4-7H2,1H3. The number of carbonyl (C=O) groups excluding carboxylic acids is 3. The lowest BCUT2D eigenvalue weighted by molar-refractivity contribution is -0.127. The first-order valence-corrected chi connectivity index (χ1v) is 11.0. The van der Waals surface area contributed by atoms with E-state index in [0.717, 1.165) is 17.1 Å². The highest BCUT2D eigenvalue weighted by atomic mass is 32.1. The number of piperazine rings is 1. The van der Waals surface area contributed by atoms with Gasteiger partial charge in [0.15, 0.2) is 5.69 Å². The van der Waals surface area contributed by atoms with Crippen molar-refractivity contribution in [2.24, 2.45) is 0 Å². The van der Waals surface area contributed by atoms with Crippen LogP contribution in [0.2, 0.25) is 0 Å². The van der Waals surface area contributed by atoms with E-state index in [-0.39, 0.29) is 30.3 Å². The monoisotopic (exact) mass is 462 g/mol. The summed E-state index contributed by atoms with van der Waals surface area (Å²) >= 11 is 1.11. The van der Waals surface area contributed by atoms with E-state index in [1.54, 1.807) is 35.1 Å². The van der Waals surface area contributed by atoms with Crippen molar-refractivity contribution in [3.05, 3.63) is 53.2 Å². The zero-order valence-corrected chi connectivity index (χ0v) is 18.4. The van der Waals surface area contributed by atoms with Crippen LogP contribution >= 0.6 is 11.5 Å². The number of aromatic nitrogens is 6. The van der Waals surface area contributed by atoms with Gasteiger partial charge in [-0.15, -0.1) is 5.10 Å². The van der Waals surface area contributed by atoms with Crippen molar-refractivity contribution < 1.29 is 14.4 Å². The molecule has 33 heavy (non-hydrogen) atoms. The molecule has 0 bridgehead atoms. The molecule has 0 spiro atoms. The highest BCUT2D eigenvalue weighted by Crippen LogP contribution is 2.29. The Morgan fingerprint density at radius 3 is 2.52 bits per heavy atom. The number of ketones is 1. The summed E-state index contributed by atoms with van der Waals surface area (Å²) in [6.07, 6.45) is 7.91. The third-order valence-electron chi connectivity index (χ3n) is 5.58. The fourth-order valence-corrected chi connectivity index (χ4v) is 4.33. The minimum atomic E-state index is -0.607. The van der Waals surface area contributed by atoms with Crippen LogP contribution in [-0.2, 0) is 4.79 Å². The zero-order chi connectivity index (χ0) is 22.9. The minimum absolute atomic E-state index is 0.224. The maximum atomic E-state index is 13.2. The van der Waals surface area contributed by atoms with Crippen molar-refractivity contribution in [2.45, 2.75) is 6.92 Å². The van der Waals surface area contributed by atoms with Crippen LogP contribution in [0.5, 0.6) is 0 Å². The molecule has 1 fully saturated rings. The number of hydrogen-bond acceptors (Lipinski definition) is 9. The van der Waals surface area contributed by atoms with Crippen molar-refractivity contribution in [2.75, 3.05) is 26.2 Å². The number of Topliss-reactive ketones (excluding diaryl/α,β-unsaturated/α-hetero) is 1. The second-order valence-electron chi connectivity index (χ2n) is 7.54. The van der Waals surface area contributed by atoms with Gasteiger partial charge in [0.25, 0.3) is 17.6 Å². The minimum Gasteiger partial charge on any atom is -0.359 e. The molecule has 2 amide bonds. The molecule has 1 aliphatic heterocycles. The molecule has 12 heteroatoms. The summed E-state index contributed by atoms with van der Waals surface area (Å²) in [5.41, 5.74) is 3.08. The van der Waals surface area contributed by atoms with Crippen LogP contribution < -0.4 is 0 Å². The lowest BCUT2D eigenvalue weighted by Crippen LogP contribution is -2.52. The molecular formula is C21H18N8O3S. The smallest absolute Gasteiger partial charge is 0.295 e. The topological polar surface area (TPSA) is 138 Å². The molecule has 4 aromatic heterocycles. The van der Waals surface area contributed by atoms with Gasteiger partial charge in [-0.1, -0.05) is 4.49 Å². The van der Waals surface area contributed by atoms with Gasteiger partial charge >= 0.3 is 0 Å². The van der Waals surface area contributed by atoms with Gasteiger partial charge in [0.1, 0.15) is 11.4 Å². The van der Waals surface area contributed by atoms with Crippen molar-refractivity contribution in [3.8, 4) is 11.4 Å². The number of hydrogen-bond donors (Lipinski definition) is 1. The molecule has 11 nitrogen and oxygen atoms in total. The Hall–Kier alpha value is -4.06. The predicted octanol–water partition coefficient (Wildman–Crippen LogP) is 1.35. The summed E-state index contributed by atoms with van der Waals surface area (Å²) in [5.74, 6) is -1.43. The van der Waals surface area contributed by atoms with E-state index in [4.69, 9.17) is 0 Å². The summed E-state index contributed by atoms with van der Waals surface area (Å²) in [7, 11) is 0. The number of fused-ring (bicyclic) bond motifs is 1. The van der Waals surface area contributed by atoms with Crippen LogP contribution in [0.3, 0.4) is 0 Å². The van der Waals surface area contributed by atoms with Crippen LogP contribution in [0.1, 0.15) is 26.4 Å². The number of carbonyl (C=O) groups is 3. The number of amides is 2. The average molecular weight is 462 g/mol. The first-order chi connectivity index (χ1) is 16.0. The summed E-state index contributed by atoms with van der Waals surface area (Å²) in [6, 6.07) is 0. The van der Waals surface area contributed by atoms with Gasteiger partial charge in [0.2, 0.25) is 0 Å². The van der Waals surface area contributed by atoms with Crippen LogP contribution in [0.4, 0.5) is 0 Å². The van der Waals surface area contributed by atoms with Crippen molar-refractivity contribution in [1.29, 1.82) is 0 Å². The maximum absolute atomic E-state index is 13.2. The number of nitrogens with one attached hydrogen (secondary N) is 1. The number of nitrogens with zero attached hydrogens (tertiary/aromatic N) is 7. The van der Waals surface area contributed by atoms with E-state index in [9.17, 15) is 14.4 Å². The lowest BCUT2D eigenvalue weighted by atomic mass is 10.0. The van der Waals surface area contributed by atoms with E-state index in [2.05, 4.69) is 29.5 Å². The quantitative estimate of drug-likeness (QED) is 0.354. The number of H-pyrrole nitrogens is 1. The Morgan fingerprint density at radius 1 is 1.03 bits per heavy atom. The fraction of sp³-hybridized carbons (Fsp3) is 0.238. The van der Waals surface area contributed by atoms with E-state index >= 15 is 0 Å². The largest absolute Gasteiger partial charge is 0.359 e. The van der Waals surface area contributed by atoms with Gasteiger partial charge in [-0.2, -0.15) is 0 Å². The second kappa shape index (κ2) is 8.47. The Kier molecular flexibility index (Phi) is 5.34. The predicted molar refractivity (Wildman–Crippen MR) is 119 cm³/mol. The van der Waals surface area contributed by atoms with E-state index in [1.807, 2.05) is 6.92 Å². The molecule has 0 radical (unpaired) electrons. The first-order valence-electron chi connectivity index (χ1n) is 10.2. The second-order valence-corrected chi connectivity index (χ2v) is 8.15. The van der Waals surface area contributed by atoms with Crippen molar-refractivity contribution in [1.82, 2.24) is 39.3 Å². The molecule has 166 valence electrons. The Balaban J connectivity index is 1.36. The molecule has 5 heterocycles. The highest BCUT2D eigenvalue weighted by molar-refractivity contribution is 7.03. The van der Waals surface area contributed by atoms with Crippen LogP contribution in [0.15, 0.2) is 36.4 Å². The summed E-state index contributed by atoms with van der Waals surface area (Å²) < 4.78 is 3.71. The molecular weight excluding hydrogens is 444 g/mol. The van der Waals surface area contributed by atoms with Gasteiger partial charge in [0.05, 0.1) is 17.3 Å². The molecule has 4 aromatic rings. The van der Waals surface area contributed by atoms with Gasteiger partial charge in [0, 0.05) is 61.7 Å². The Bertz CT molecular complexity index is 1340. The molecule has 1 saturated heterocycles. The molecule has 0 aromatic carbocycles. The summed E-state index contributed by atoms with van der Waals surface area (Å²) in [5, 5.41) is 6.02. The molecule has 1 N–H and O–H groups in total. The average Bonchev–Trinajstić information content (AvgIpc) is 3.55. The highest BCUT2D eigenvalue weighted by Gasteiger charge is 2.31. The number of aryl methyl sites for hydroxylation is 1. The molecule has 1 aliphatic rings. The van der Waals surface area contributed by atoms with Crippen molar-refractivity contribution >= 4 is 40.0 Å². The SMILES string of the molecule is Cc1cnc(-c2cnccn2)c2[nH]cc(C(=O)C(=O)N3CCN(C(=O)c4csnn4)CC3)c12. The molecule has 0 unspecified atom stereocenters. The van der Waals surface area contributed by atoms with E-state index < -0.39 is 11.7 Å². The first kappa shape index (κ1) is 20.8. The third-order valence-corrected chi connectivity index (χ3v) is 6.08.